The van der Waals surface area contributed by atoms with Crippen molar-refractivity contribution in [2.24, 2.45) is 0 Å². The lowest BCUT2D eigenvalue weighted by Crippen LogP contribution is -2.03. The molecule has 2 rings (SSSR count). The van der Waals surface area contributed by atoms with E-state index >= 15 is 0 Å². The molecule has 0 aliphatic rings. The number of ketones is 1. The van der Waals surface area contributed by atoms with Crippen LogP contribution in [0, 0.1) is 0 Å². The molecule has 2 heterocycles. The van der Waals surface area contributed by atoms with E-state index in [9.17, 15) is 9.59 Å². The van der Waals surface area contributed by atoms with Crippen molar-refractivity contribution in [3.8, 4) is 0 Å². The lowest BCUT2D eigenvalue weighted by Gasteiger charge is -1.96. The molecule has 0 bridgehead atoms. The first-order valence-corrected chi connectivity index (χ1v) is 4.71. The van der Waals surface area contributed by atoms with Crippen molar-refractivity contribution in [2.75, 3.05) is 7.11 Å². The number of nitrogens with zero attached hydrogens (tertiary/aromatic N) is 2. The number of pyridine rings is 1. The molecule has 0 unspecified atom stereocenters. The predicted octanol–water partition coefficient (Wildman–Crippen LogP) is 1.32. The van der Waals surface area contributed by atoms with Crippen LogP contribution in [0.2, 0.25) is 0 Å². The summed E-state index contributed by atoms with van der Waals surface area (Å²) in [6.07, 6.45) is 1.69. The Kier molecular flexibility index (Phi) is 2.44. The Balaban J connectivity index is 2.76. The summed E-state index contributed by atoms with van der Waals surface area (Å²) in [4.78, 5) is 26.8. The number of imidazole rings is 1. The molecule has 82 valence electrons. The van der Waals surface area contributed by atoms with Crippen molar-refractivity contribution in [2.45, 2.75) is 6.92 Å². The zero-order valence-corrected chi connectivity index (χ0v) is 8.93. The first-order valence-electron chi connectivity index (χ1n) is 4.71. The number of aromatic nitrogens is 2. The molecule has 0 atom stereocenters. The maximum atomic E-state index is 11.5. The van der Waals surface area contributed by atoms with Gasteiger partial charge in [-0.2, -0.15) is 0 Å². The van der Waals surface area contributed by atoms with Crippen molar-refractivity contribution < 1.29 is 14.3 Å². The van der Waals surface area contributed by atoms with Gasteiger partial charge in [-0.05, 0) is 12.1 Å². The number of fused-ring (bicyclic) bond motifs is 1. The van der Waals surface area contributed by atoms with Crippen LogP contribution in [0.15, 0.2) is 24.4 Å². The molecular formula is C11H10N2O3. The lowest BCUT2D eigenvalue weighted by atomic mass is 10.3. The van der Waals surface area contributed by atoms with Crippen molar-refractivity contribution in [3.05, 3.63) is 35.9 Å². The van der Waals surface area contributed by atoms with E-state index in [1.807, 2.05) is 0 Å². The van der Waals surface area contributed by atoms with Crippen LogP contribution in [0.3, 0.4) is 0 Å². The maximum Gasteiger partial charge on any atom is 0.358 e. The van der Waals surface area contributed by atoms with Gasteiger partial charge in [-0.3, -0.25) is 9.20 Å². The lowest BCUT2D eigenvalue weighted by molar-refractivity contribution is 0.0597. The van der Waals surface area contributed by atoms with Gasteiger partial charge in [-0.25, -0.2) is 9.78 Å². The number of methoxy groups -OCH3 is 1. The number of esters is 1. The minimum Gasteiger partial charge on any atom is -0.464 e. The minimum absolute atomic E-state index is 0.160. The van der Waals surface area contributed by atoms with Gasteiger partial charge in [0.2, 0.25) is 0 Å². The Morgan fingerprint density at radius 3 is 2.75 bits per heavy atom. The highest BCUT2D eigenvalue weighted by Crippen LogP contribution is 2.14. The third-order valence-corrected chi connectivity index (χ3v) is 2.24. The molecule has 0 radical (unpaired) electrons. The van der Waals surface area contributed by atoms with Crippen LogP contribution in [0.4, 0.5) is 0 Å². The molecule has 0 amide bonds. The van der Waals surface area contributed by atoms with Crippen LogP contribution in [0.5, 0.6) is 0 Å². The molecular weight excluding hydrogens is 208 g/mol. The third-order valence-electron chi connectivity index (χ3n) is 2.24. The molecule has 0 saturated heterocycles. The van der Waals surface area contributed by atoms with Crippen LogP contribution in [0.25, 0.3) is 5.52 Å². The average molecular weight is 218 g/mol. The fourth-order valence-corrected chi connectivity index (χ4v) is 1.53. The highest BCUT2D eigenvalue weighted by molar-refractivity contribution is 5.99. The quantitative estimate of drug-likeness (QED) is 0.563. The number of carbonyl (C=O) groups is 2. The van der Waals surface area contributed by atoms with E-state index in [0.717, 1.165) is 0 Å². The molecule has 0 fully saturated rings. The van der Waals surface area contributed by atoms with E-state index in [1.54, 1.807) is 28.8 Å². The molecule has 0 saturated carbocycles. The maximum absolute atomic E-state index is 11.5. The second kappa shape index (κ2) is 3.77. The summed E-state index contributed by atoms with van der Waals surface area (Å²) < 4.78 is 6.19. The molecule has 0 aliphatic carbocycles. The fraction of sp³-hybridized carbons (Fsp3) is 0.182. The molecule has 16 heavy (non-hydrogen) atoms. The Morgan fingerprint density at radius 1 is 1.38 bits per heavy atom. The van der Waals surface area contributed by atoms with Gasteiger partial charge in [0.1, 0.15) is 0 Å². The standard InChI is InChI=1S/C11H10N2O3/c1-7(14)10-12-9(11(15)16-2)8-5-3-4-6-13(8)10/h3-6H,1-2H3. The molecule has 5 heteroatoms. The third kappa shape index (κ3) is 1.46. The van der Waals surface area contributed by atoms with Gasteiger partial charge in [0, 0.05) is 13.1 Å². The zero-order valence-electron chi connectivity index (χ0n) is 8.93. The van der Waals surface area contributed by atoms with E-state index in [-0.39, 0.29) is 17.3 Å². The monoisotopic (exact) mass is 218 g/mol. The summed E-state index contributed by atoms with van der Waals surface area (Å²) in [5.74, 6) is -0.511. The summed E-state index contributed by atoms with van der Waals surface area (Å²) in [5, 5.41) is 0. The highest BCUT2D eigenvalue weighted by atomic mass is 16.5. The number of Topliss-reactive ketones (excluding diaryl/α,β-unsaturated/α-hetero) is 1. The van der Waals surface area contributed by atoms with Crippen LogP contribution < -0.4 is 0 Å². The minimum atomic E-state index is -0.545. The molecule has 5 nitrogen and oxygen atoms in total. The number of ether oxygens (including phenoxy) is 1. The van der Waals surface area contributed by atoms with Gasteiger partial charge in [0.15, 0.2) is 17.3 Å². The van der Waals surface area contributed by atoms with Crippen LogP contribution in [-0.4, -0.2) is 28.2 Å². The molecule has 2 aromatic heterocycles. The Hall–Kier alpha value is -2.17. The number of hydrogen-bond donors (Lipinski definition) is 0. The molecule has 0 aromatic carbocycles. The van der Waals surface area contributed by atoms with Gasteiger partial charge in [0.05, 0.1) is 12.6 Å². The van der Waals surface area contributed by atoms with Gasteiger partial charge in [0.25, 0.3) is 0 Å². The molecule has 2 aromatic rings. The second-order valence-corrected chi connectivity index (χ2v) is 3.29. The fourth-order valence-electron chi connectivity index (χ4n) is 1.53. The Labute approximate surface area is 91.7 Å². The van der Waals surface area contributed by atoms with Crippen molar-refractivity contribution in [3.63, 3.8) is 0 Å². The molecule has 0 N–H and O–H groups in total. The van der Waals surface area contributed by atoms with E-state index in [2.05, 4.69) is 9.72 Å². The normalized spacial score (nSPS) is 10.4. The summed E-state index contributed by atoms with van der Waals surface area (Å²) in [6, 6.07) is 5.25. The first kappa shape index (κ1) is 10.4. The van der Waals surface area contributed by atoms with Crippen LogP contribution >= 0.6 is 0 Å². The van der Waals surface area contributed by atoms with Crippen LogP contribution in [-0.2, 0) is 4.74 Å². The zero-order chi connectivity index (χ0) is 11.7. The Morgan fingerprint density at radius 2 is 2.12 bits per heavy atom. The number of hydrogen-bond acceptors (Lipinski definition) is 4. The summed E-state index contributed by atoms with van der Waals surface area (Å²) >= 11 is 0. The summed E-state index contributed by atoms with van der Waals surface area (Å²) in [6.45, 7) is 1.41. The largest absolute Gasteiger partial charge is 0.464 e. The van der Waals surface area contributed by atoms with E-state index in [4.69, 9.17) is 0 Å². The topological polar surface area (TPSA) is 60.7 Å². The highest BCUT2D eigenvalue weighted by Gasteiger charge is 2.19. The first-order chi connectivity index (χ1) is 7.65. The number of rotatable bonds is 2. The van der Waals surface area contributed by atoms with Gasteiger partial charge in [-0.1, -0.05) is 6.07 Å². The van der Waals surface area contributed by atoms with Crippen molar-refractivity contribution in [1.29, 1.82) is 0 Å². The average Bonchev–Trinajstić information content (AvgIpc) is 2.67. The van der Waals surface area contributed by atoms with E-state index in [1.165, 1.54) is 14.0 Å². The predicted molar refractivity (Wildman–Crippen MR) is 56.5 cm³/mol. The summed E-state index contributed by atoms with van der Waals surface area (Å²) in [7, 11) is 1.28. The molecule has 0 spiro atoms. The Bertz CT molecular complexity index is 572. The summed E-state index contributed by atoms with van der Waals surface area (Å²) in [5.41, 5.74) is 0.729. The van der Waals surface area contributed by atoms with Crippen molar-refractivity contribution >= 4 is 17.3 Å². The van der Waals surface area contributed by atoms with Crippen LogP contribution in [0.1, 0.15) is 28.0 Å². The smallest absolute Gasteiger partial charge is 0.358 e. The van der Waals surface area contributed by atoms with Gasteiger partial charge in [-0.15, -0.1) is 0 Å². The number of carbonyl (C=O) groups excluding carboxylic acids is 2. The van der Waals surface area contributed by atoms with Gasteiger partial charge < -0.3 is 4.74 Å². The van der Waals surface area contributed by atoms with E-state index < -0.39 is 5.97 Å². The van der Waals surface area contributed by atoms with Gasteiger partial charge >= 0.3 is 5.97 Å². The molecule has 0 aliphatic heterocycles. The van der Waals surface area contributed by atoms with E-state index in [0.29, 0.717) is 5.52 Å². The van der Waals surface area contributed by atoms with Crippen molar-refractivity contribution in [1.82, 2.24) is 9.38 Å². The second-order valence-electron chi connectivity index (χ2n) is 3.29. The SMILES string of the molecule is COC(=O)c1nc(C(C)=O)n2ccccc12.